The SMILES string of the molecule is Cc1nc(C(=O)Nc2ccc(NC(=O)Nc3cccc(C(F)(F)F)c3)cc2)c2c(N)nccn12. The van der Waals surface area contributed by atoms with Crippen LogP contribution in [0.3, 0.4) is 0 Å². The number of anilines is 4. The molecule has 3 amide bonds. The molecular weight excluding hydrogens is 451 g/mol. The zero-order valence-electron chi connectivity index (χ0n) is 17.6. The third kappa shape index (κ3) is 4.75. The highest BCUT2D eigenvalue weighted by molar-refractivity contribution is 6.09. The minimum atomic E-state index is -4.52. The van der Waals surface area contributed by atoms with Crippen LogP contribution < -0.4 is 21.7 Å². The summed E-state index contributed by atoms with van der Waals surface area (Å²) in [5.74, 6) is 0.244. The minimum Gasteiger partial charge on any atom is -0.382 e. The number of nitrogens with zero attached hydrogens (tertiary/aromatic N) is 3. The summed E-state index contributed by atoms with van der Waals surface area (Å²) in [7, 11) is 0. The molecule has 174 valence electrons. The lowest BCUT2D eigenvalue weighted by Gasteiger charge is -2.11. The Labute approximate surface area is 190 Å². The second-order valence-corrected chi connectivity index (χ2v) is 7.23. The Morgan fingerprint density at radius 1 is 0.971 bits per heavy atom. The average molecular weight is 469 g/mol. The van der Waals surface area contributed by atoms with Gasteiger partial charge in [-0.1, -0.05) is 6.07 Å². The number of nitrogens with one attached hydrogen (secondary N) is 3. The van der Waals surface area contributed by atoms with Crippen molar-refractivity contribution in [2.75, 3.05) is 21.7 Å². The summed E-state index contributed by atoms with van der Waals surface area (Å²) >= 11 is 0. The first-order valence-corrected chi connectivity index (χ1v) is 9.87. The summed E-state index contributed by atoms with van der Waals surface area (Å²) in [6, 6.07) is 9.70. The predicted octanol–water partition coefficient (Wildman–Crippen LogP) is 4.54. The van der Waals surface area contributed by atoms with Crippen LogP contribution in [0.4, 0.5) is 40.8 Å². The van der Waals surface area contributed by atoms with Gasteiger partial charge in [-0.05, 0) is 49.4 Å². The molecule has 0 aliphatic heterocycles. The van der Waals surface area contributed by atoms with E-state index in [2.05, 4.69) is 25.9 Å². The van der Waals surface area contributed by atoms with Crippen LogP contribution in [0.25, 0.3) is 5.52 Å². The van der Waals surface area contributed by atoms with E-state index in [4.69, 9.17) is 5.73 Å². The number of alkyl halides is 3. The lowest BCUT2D eigenvalue weighted by atomic mass is 10.2. The number of urea groups is 1. The number of fused-ring (bicyclic) bond motifs is 1. The third-order valence-electron chi connectivity index (χ3n) is 4.82. The van der Waals surface area contributed by atoms with E-state index in [0.29, 0.717) is 22.7 Å². The number of carbonyl (C=O) groups excluding carboxylic acids is 2. The molecular formula is C22H18F3N7O2. The van der Waals surface area contributed by atoms with Gasteiger partial charge in [0.1, 0.15) is 17.2 Å². The highest BCUT2D eigenvalue weighted by Crippen LogP contribution is 2.30. The van der Waals surface area contributed by atoms with Gasteiger partial charge in [0.25, 0.3) is 5.91 Å². The fourth-order valence-corrected chi connectivity index (χ4v) is 3.27. The molecule has 2 aromatic carbocycles. The molecule has 0 aliphatic carbocycles. The second-order valence-electron chi connectivity index (χ2n) is 7.23. The zero-order valence-corrected chi connectivity index (χ0v) is 17.6. The van der Waals surface area contributed by atoms with E-state index in [0.717, 1.165) is 12.1 Å². The van der Waals surface area contributed by atoms with Crippen molar-refractivity contribution in [3.05, 3.63) is 78.0 Å². The fourth-order valence-electron chi connectivity index (χ4n) is 3.27. The molecule has 4 aromatic rings. The number of nitrogen functional groups attached to an aromatic ring is 1. The largest absolute Gasteiger partial charge is 0.416 e. The Hall–Kier alpha value is -4.61. The first-order chi connectivity index (χ1) is 16.1. The molecule has 2 heterocycles. The fraction of sp³-hybridized carbons (Fsp3) is 0.0909. The molecule has 0 fully saturated rings. The lowest BCUT2D eigenvalue weighted by Crippen LogP contribution is -2.20. The quantitative estimate of drug-likeness (QED) is 0.349. The van der Waals surface area contributed by atoms with Crippen LogP contribution in [0.1, 0.15) is 21.9 Å². The first-order valence-electron chi connectivity index (χ1n) is 9.87. The molecule has 12 heteroatoms. The summed E-state index contributed by atoms with van der Waals surface area (Å²) < 4.78 is 40.1. The summed E-state index contributed by atoms with van der Waals surface area (Å²) in [5.41, 5.74) is 6.31. The van der Waals surface area contributed by atoms with E-state index in [1.165, 1.54) is 30.5 Å². The van der Waals surface area contributed by atoms with E-state index in [1.54, 1.807) is 29.7 Å². The van der Waals surface area contributed by atoms with E-state index in [-0.39, 0.29) is 17.2 Å². The molecule has 0 spiro atoms. The number of amides is 3. The topological polar surface area (TPSA) is 126 Å². The maximum atomic E-state index is 12.8. The molecule has 5 N–H and O–H groups in total. The number of imidazole rings is 1. The molecule has 0 bridgehead atoms. The molecule has 0 atom stereocenters. The zero-order chi connectivity index (χ0) is 24.5. The number of rotatable bonds is 4. The minimum absolute atomic E-state index is 0.00689. The number of halogens is 3. The first kappa shape index (κ1) is 22.6. The Bertz CT molecular complexity index is 1380. The van der Waals surface area contributed by atoms with E-state index < -0.39 is 23.7 Å². The Morgan fingerprint density at radius 3 is 2.29 bits per heavy atom. The van der Waals surface area contributed by atoms with Crippen LogP contribution in [0.5, 0.6) is 0 Å². The van der Waals surface area contributed by atoms with Gasteiger partial charge in [-0.2, -0.15) is 13.2 Å². The van der Waals surface area contributed by atoms with Gasteiger partial charge in [0, 0.05) is 29.5 Å². The van der Waals surface area contributed by atoms with E-state index in [9.17, 15) is 22.8 Å². The van der Waals surface area contributed by atoms with Gasteiger partial charge >= 0.3 is 12.2 Å². The monoisotopic (exact) mass is 469 g/mol. The van der Waals surface area contributed by atoms with Crippen molar-refractivity contribution in [1.29, 1.82) is 0 Å². The van der Waals surface area contributed by atoms with Crippen molar-refractivity contribution in [3.63, 3.8) is 0 Å². The second kappa shape index (κ2) is 8.73. The van der Waals surface area contributed by atoms with Crippen LogP contribution in [-0.4, -0.2) is 26.3 Å². The van der Waals surface area contributed by atoms with Crippen LogP contribution in [0.15, 0.2) is 60.9 Å². The van der Waals surface area contributed by atoms with Gasteiger partial charge in [-0.3, -0.25) is 9.20 Å². The van der Waals surface area contributed by atoms with E-state index in [1.807, 2.05) is 0 Å². The van der Waals surface area contributed by atoms with Crippen molar-refractivity contribution in [2.24, 2.45) is 0 Å². The smallest absolute Gasteiger partial charge is 0.382 e. The van der Waals surface area contributed by atoms with Gasteiger partial charge in [-0.25, -0.2) is 14.8 Å². The molecule has 0 saturated heterocycles. The van der Waals surface area contributed by atoms with Crippen LogP contribution in [-0.2, 0) is 6.18 Å². The number of aromatic nitrogens is 3. The molecule has 0 aliphatic rings. The number of hydrogen-bond acceptors (Lipinski definition) is 5. The normalized spacial score (nSPS) is 11.3. The predicted molar refractivity (Wildman–Crippen MR) is 121 cm³/mol. The standard InChI is InChI=1S/C22H18F3N7O2/c1-12-28-17(18-19(26)27-9-10-32(12)18)20(33)29-14-5-7-15(8-6-14)30-21(34)31-16-4-2-3-13(11-16)22(23,24)25/h2-11H,1H3,(H2,26,27)(H,29,33)(H2,30,31,34). The molecule has 0 radical (unpaired) electrons. The van der Waals surface area contributed by atoms with Gasteiger partial charge in [-0.15, -0.1) is 0 Å². The van der Waals surface area contributed by atoms with Crippen LogP contribution >= 0.6 is 0 Å². The van der Waals surface area contributed by atoms with Crippen molar-refractivity contribution >= 4 is 40.3 Å². The van der Waals surface area contributed by atoms with Crippen LogP contribution in [0.2, 0.25) is 0 Å². The Kier molecular flexibility index (Phi) is 5.80. The highest BCUT2D eigenvalue weighted by atomic mass is 19.4. The summed E-state index contributed by atoms with van der Waals surface area (Å²) in [5, 5.41) is 7.56. The van der Waals surface area contributed by atoms with Gasteiger partial charge in [0.15, 0.2) is 5.69 Å². The lowest BCUT2D eigenvalue weighted by molar-refractivity contribution is -0.137. The average Bonchev–Trinajstić information content (AvgIpc) is 3.13. The number of benzene rings is 2. The third-order valence-corrected chi connectivity index (χ3v) is 4.82. The van der Waals surface area contributed by atoms with Gasteiger partial charge < -0.3 is 21.7 Å². The van der Waals surface area contributed by atoms with E-state index >= 15 is 0 Å². The Morgan fingerprint density at radius 2 is 1.62 bits per heavy atom. The molecule has 34 heavy (non-hydrogen) atoms. The van der Waals surface area contributed by atoms with Crippen molar-refractivity contribution in [1.82, 2.24) is 14.4 Å². The number of aryl methyl sites for hydroxylation is 1. The summed E-state index contributed by atoms with van der Waals surface area (Å²) in [4.78, 5) is 33.1. The summed E-state index contributed by atoms with van der Waals surface area (Å²) in [6.45, 7) is 1.73. The number of hydrogen-bond donors (Lipinski definition) is 4. The van der Waals surface area contributed by atoms with Crippen molar-refractivity contribution < 1.29 is 22.8 Å². The maximum Gasteiger partial charge on any atom is 0.416 e. The van der Waals surface area contributed by atoms with Crippen LogP contribution in [0, 0.1) is 6.92 Å². The summed E-state index contributed by atoms with van der Waals surface area (Å²) in [6.07, 6.45) is -1.36. The van der Waals surface area contributed by atoms with Crippen molar-refractivity contribution in [2.45, 2.75) is 13.1 Å². The van der Waals surface area contributed by atoms with Gasteiger partial charge in [0.2, 0.25) is 0 Å². The molecule has 2 aromatic heterocycles. The molecule has 0 unspecified atom stereocenters. The number of carbonyl (C=O) groups is 2. The highest BCUT2D eigenvalue weighted by Gasteiger charge is 2.30. The Balaban J connectivity index is 1.41. The van der Waals surface area contributed by atoms with Crippen molar-refractivity contribution in [3.8, 4) is 0 Å². The number of nitrogens with two attached hydrogens (primary N) is 1. The van der Waals surface area contributed by atoms with Gasteiger partial charge in [0.05, 0.1) is 5.56 Å². The molecule has 4 rings (SSSR count). The molecule has 9 nitrogen and oxygen atoms in total. The molecule has 0 saturated carbocycles. The maximum absolute atomic E-state index is 12.8.